The Morgan fingerprint density at radius 1 is 1.21 bits per heavy atom. The smallest absolute Gasteiger partial charge is 0.338 e. The number of para-hydroxylation sites is 1. The van der Waals surface area contributed by atoms with Crippen LogP contribution in [0.25, 0.3) is 10.2 Å². The first-order valence-electron chi connectivity index (χ1n) is 9.91. The number of hydrogen-bond acceptors (Lipinski definition) is 5. The number of esters is 1. The molecule has 6 nitrogen and oxygen atoms in total. The lowest BCUT2D eigenvalue weighted by Crippen LogP contribution is -3.11. The van der Waals surface area contributed by atoms with Crippen molar-refractivity contribution in [1.82, 2.24) is 4.98 Å². The maximum atomic E-state index is 12.6. The Labute approximate surface area is 173 Å². The molecule has 1 saturated heterocycles. The predicted octanol–water partition coefficient (Wildman–Crippen LogP) is 2.83. The third kappa shape index (κ3) is 4.46. The minimum atomic E-state index is -0.356. The van der Waals surface area contributed by atoms with Crippen molar-refractivity contribution in [2.45, 2.75) is 25.8 Å². The fourth-order valence-electron chi connectivity index (χ4n) is 3.78. The van der Waals surface area contributed by atoms with Crippen molar-refractivity contribution in [2.75, 3.05) is 25.0 Å². The van der Waals surface area contributed by atoms with Crippen LogP contribution in [0.15, 0.2) is 48.5 Å². The zero-order chi connectivity index (χ0) is 20.2. The fourth-order valence-corrected chi connectivity index (χ4v) is 4.94. The highest BCUT2D eigenvalue weighted by Crippen LogP contribution is 2.28. The van der Waals surface area contributed by atoms with E-state index in [0.29, 0.717) is 24.4 Å². The Balaban J connectivity index is 1.39. The summed E-state index contributed by atoms with van der Waals surface area (Å²) in [6.45, 7) is 3.48. The SMILES string of the molecule is CCOC(=O)c1ccc(NC(=O)C[NH+]2CCC[C@@H]2c2nc3ccccc3s2)cc1. The number of hydrogen-bond donors (Lipinski definition) is 2. The highest BCUT2D eigenvalue weighted by Gasteiger charge is 2.34. The second-order valence-electron chi connectivity index (χ2n) is 7.15. The number of benzene rings is 2. The van der Waals surface area contributed by atoms with E-state index in [-0.39, 0.29) is 17.9 Å². The molecule has 1 fully saturated rings. The van der Waals surface area contributed by atoms with Crippen molar-refractivity contribution < 1.29 is 19.2 Å². The molecule has 7 heteroatoms. The number of rotatable bonds is 6. The lowest BCUT2D eigenvalue weighted by Gasteiger charge is -2.19. The minimum absolute atomic E-state index is 0.0307. The first kappa shape index (κ1) is 19.5. The van der Waals surface area contributed by atoms with Crippen molar-refractivity contribution in [1.29, 1.82) is 0 Å². The van der Waals surface area contributed by atoms with Gasteiger partial charge in [-0.05, 0) is 43.3 Å². The van der Waals surface area contributed by atoms with E-state index in [4.69, 9.17) is 9.72 Å². The molecule has 1 aromatic heterocycles. The summed E-state index contributed by atoms with van der Waals surface area (Å²) < 4.78 is 6.17. The number of ether oxygens (including phenoxy) is 1. The lowest BCUT2D eigenvalue weighted by atomic mass is 10.2. The van der Waals surface area contributed by atoms with Gasteiger partial charge in [0, 0.05) is 18.5 Å². The molecular weight excluding hydrogens is 386 g/mol. The highest BCUT2D eigenvalue weighted by molar-refractivity contribution is 7.18. The number of nitrogens with one attached hydrogen (secondary N) is 2. The van der Waals surface area contributed by atoms with Gasteiger partial charge in [0.2, 0.25) is 0 Å². The van der Waals surface area contributed by atoms with Crippen molar-refractivity contribution >= 4 is 39.1 Å². The van der Waals surface area contributed by atoms with Crippen LogP contribution >= 0.6 is 11.3 Å². The van der Waals surface area contributed by atoms with Crippen molar-refractivity contribution in [3.05, 3.63) is 59.1 Å². The first-order valence-corrected chi connectivity index (χ1v) is 10.7. The van der Waals surface area contributed by atoms with Gasteiger partial charge >= 0.3 is 5.97 Å². The van der Waals surface area contributed by atoms with E-state index in [9.17, 15) is 9.59 Å². The molecule has 2 aromatic carbocycles. The van der Waals surface area contributed by atoms with Gasteiger partial charge in [-0.15, -0.1) is 11.3 Å². The Morgan fingerprint density at radius 2 is 2.00 bits per heavy atom. The average Bonchev–Trinajstić information content (AvgIpc) is 3.35. The van der Waals surface area contributed by atoms with Gasteiger partial charge in [0.1, 0.15) is 6.04 Å². The van der Waals surface area contributed by atoms with E-state index in [0.717, 1.165) is 29.9 Å². The second kappa shape index (κ2) is 8.71. The summed E-state index contributed by atoms with van der Waals surface area (Å²) in [4.78, 5) is 30.4. The van der Waals surface area contributed by atoms with E-state index >= 15 is 0 Å². The van der Waals surface area contributed by atoms with Gasteiger partial charge in [-0.1, -0.05) is 12.1 Å². The summed E-state index contributed by atoms with van der Waals surface area (Å²) in [5.41, 5.74) is 2.19. The van der Waals surface area contributed by atoms with E-state index < -0.39 is 0 Å². The van der Waals surface area contributed by atoms with Gasteiger partial charge in [-0.2, -0.15) is 0 Å². The van der Waals surface area contributed by atoms with Gasteiger partial charge < -0.3 is 15.0 Å². The number of carbonyl (C=O) groups is 2. The molecule has 4 rings (SSSR count). The van der Waals surface area contributed by atoms with Gasteiger partial charge in [-0.25, -0.2) is 9.78 Å². The molecule has 0 saturated carbocycles. The van der Waals surface area contributed by atoms with Crippen LogP contribution < -0.4 is 10.2 Å². The monoisotopic (exact) mass is 410 g/mol. The standard InChI is InChI=1S/C22H23N3O3S/c1-2-28-22(27)15-9-11-16(12-10-15)23-20(26)14-25-13-5-7-18(25)21-24-17-6-3-4-8-19(17)29-21/h3-4,6,8-12,18H,2,5,7,13-14H2,1H3,(H,23,26)/p+1/t18-/m1/s1. The summed E-state index contributed by atoms with van der Waals surface area (Å²) in [6, 6.07) is 15.2. The Hall–Kier alpha value is -2.77. The van der Waals surface area contributed by atoms with Crippen LogP contribution in [-0.4, -0.2) is 36.6 Å². The van der Waals surface area contributed by atoms with Gasteiger partial charge in [0.25, 0.3) is 5.91 Å². The number of fused-ring (bicyclic) bond motifs is 1. The molecule has 1 unspecified atom stereocenters. The zero-order valence-electron chi connectivity index (χ0n) is 16.3. The molecular formula is C22H24N3O3S+. The topological polar surface area (TPSA) is 72.7 Å². The molecule has 0 bridgehead atoms. The number of nitrogens with zero attached hydrogens (tertiary/aromatic N) is 1. The third-order valence-electron chi connectivity index (χ3n) is 5.16. The molecule has 2 N–H and O–H groups in total. The van der Waals surface area contributed by atoms with Crippen molar-refractivity contribution in [3.8, 4) is 0 Å². The number of thiazole rings is 1. The van der Waals surface area contributed by atoms with Crippen LogP contribution in [0.5, 0.6) is 0 Å². The van der Waals surface area contributed by atoms with Gasteiger partial charge in [0.05, 0.1) is 28.9 Å². The van der Waals surface area contributed by atoms with Crippen LogP contribution in [0, 0.1) is 0 Å². The number of aromatic nitrogens is 1. The van der Waals surface area contributed by atoms with Gasteiger partial charge in [-0.3, -0.25) is 4.79 Å². The second-order valence-corrected chi connectivity index (χ2v) is 8.21. The molecule has 2 heterocycles. The van der Waals surface area contributed by atoms with Gasteiger partial charge in [0.15, 0.2) is 11.6 Å². The first-order chi connectivity index (χ1) is 14.1. The molecule has 1 aliphatic heterocycles. The van der Waals surface area contributed by atoms with Crippen LogP contribution in [0.4, 0.5) is 5.69 Å². The number of anilines is 1. The Bertz CT molecular complexity index is 983. The summed E-state index contributed by atoms with van der Waals surface area (Å²) in [5, 5.41) is 4.05. The molecule has 0 aliphatic carbocycles. The maximum Gasteiger partial charge on any atom is 0.338 e. The van der Waals surface area contributed by atoms with Crippen LogP contribution in [0.2, 0.25) is 0 Å². The van der Waals surface area contributed by atoms with Crippen molar-refractivity contribution in [3.63, 3.8) is 0 Å². The number of amides is 1. The fraction of sp³-hybridized carbons (Fsp3) is 0.318. The molecule has 3 aromatic rings. The van der Waals surface area contributed by atoms with Crippen LogP contribution in [0.1, 0.15) is 41.2 Å². The summed E-state index contributed by atoms with van der Waals surface area (Å²) in [5.74, 6) is -0.387. The van der Waals surface area contributed by atoms with Crippen molar-refractivity contribution in [2.24, 2.45) is 0 Å². The minimum Gasteiger partial charge on any atom is -0.462 e. The summed E-state index contributed by atoms with van der Waals surface area (Å²) in [7, 11) is 0. The number of quaternary nitrogens is 1. The molecule has 150 valence electrons. The Morgan fingerprint density at radius 3 is 2.76 bits per heavy atom. The number of likely N-dealkylation sites (tertiary alicyclic amines) is 1. The van der Waals surface area contributed by atoms with E-state index in [1.807, 2.05) is 18.2 Å². The summed E-state index contributed by atoms with van der Waals surface area (Å²) in [6.07, 6.45) is 2.15. The zero-order valence-corrected chi connectivity index (χ0v) is 17.1. The highest BCUT2D eigenvalue weighted by atomic mass is 32.1. The molecule has 0 spiro atoms. The Kier molecular flexibility index (Phi) is 5.87. The lowest BCUT2D eigenvalue weighted by molar-refractivity contribution is -0.910. The largest absolute Gasteiger partial charge is 0.462 e. The summed E-state index contributed by atoms with van der Waals surface area (Å²) >= 11 is 1.73. The molecule has 0 radical (unpaired) electrons. The van der Waals surface area contributed by atoms with E-state index in [1.54, 1.807) is 42.5 Å². The molecule has 2 atom stereocenters. The molecule has 1 aliphatic rings. The van der Waals surface area contributed by atoms with Crippen LogP contribution in [0.3, 0.4) is 0 Å². The van der Waals surface area contributed by atoms with Crippen LogP contribution in [-0.2, 0) is 9.53 Å². The molecule has 29 heavy (non-hydrogen) atoms. The predicted molar refractivity (Wildman–Crippen MR) is 113 cm³/mol. The third-order valence-corrected chi connectivity index (χ3v) is 6.31. The van der Waals surface area contributed by atoms with E-state index in [2.05, 4.69) is 11.4 Å². The maximum absolute atomic E-state index is 12.6. The quantitative estimate of drug-likeness (QED) is 0.613. The normalized spacial score (nSPS) is 18.7. The van der Waals surface area contributed by atoms with E-state index in [1.165, 1.54) is 9.60 Å². The average molecular weight is 411 g/mol. The number of carbonyl (C=O) groups excluding carboxylic acids is 2. The molecule has 1 amide bonds.